The molecular formula is C15H12F3NO. The summed E-state index contributed by atoms with van der Waals surface area (Å²) in [6, 6.07) is 8.65. The fourth-order valence-corrected chi connectivity index (χ4v) is 2.19. The van der Waals surface area contributed by atoms with Crippen LogP contribution in [0.2, 0.25) is 0 Å². The lowest BCUT2D eigenvalue weighted by atomic mass is 9.93. The van der Waals surface area contributed by atoms with Gasteiger partial charge in [-0.3, -0.25) is 4.79 Å². The maximum Gasteiger partial charge on any atom is 0.418 e. The second-order valence-corrected chi connectivity index (χ2v) is 4.42. The molecule has 5 heteroatoms. The molecule has 0 aliphatic carbocycles. The first-order chi connectivity index (χ1) is 9.36. The first kappa shape index (κ1) is 14.1. The lowest BCUT2D eigenvalue weighted by Gasteiger charge is -2.16. The van der Waals surface area contributed by atoms with E-state index in [0.717, 1.165) is 6.07 Å². The first-order valence-corrected chi connectivity index (χ1v) is 5.87. The molecule has 0 aromatic heterocycles. The Bertz CT molecular complexity index is 663. The third kappa shape index (κ3) is 2.39. The topological polar surface area (TPSA) is 43.1 Å². The minimum Gasteiger partial charge on any atom is -0.398 e. The number of para-hydroxylation sites is 1. The fourth-order valence-electron chi connectivity index (χ4n) is 2.19. The lowest BCUT2D eigenvalue weighted by molar-refractivity contribution is -0.136. The summed E-state index contributed by atoms with van der Waals surface area (Å²) in [5.41, 5.74) is 6.07. The van der Waals surface area contributed by atoms with Gasteiger partial charge in [0.25, 0.3) is 0 Å². The highest BCUT2D eigenvalue weighted by Crippen LogP contribution is 2.40. The average Bonchev–Trinajstić information content (AvgIpc) is 2.38. The number of carbonyl (C=O) groups is 1. The van der Waals surface area contributed by atoms with Crippen LogP contribution in [0.1, 0.15) is 21.5 Å². The molecule has 0 saturated carbocycles. The predicted molar refractivity (Wildman–Crippen MR) is 71.4 cm³/mol. The third-order valence-corrected chi connectivity index (χ3v) is 3.11. The highest BCUT2D eigenvalue weighted by molar-refractivity contribution is 5.93. The predicted octanol–water partition coefficient (Wildman–Crippen LogP) is 4.08. The summed E-state index contributed by atoms with van der Waals surface area (Å²) in [6.07, 6.45) is -3.91. The molecule has 0 fully saturated rings. The van der Waals surface area contributed by atoms with Crippen molar-refractivity contribution in [2.45, 2.75) is 13.1 Å². The van der Waals surface area contributed by atoms with E-state index in [-0.39, 0.29) is 11.3 Å². The number of aldehydes is 1. The van der Waals surface area contributed by atoms with Gasteiger partial charge in [-0.2, -0.15) is 13.2 Å². The average molecular weight is 279 g/mol. The van der Waals surface area contributed by atoms with E-state index < -0.39 is 11.7 Å². The number of rotatable bonds is 2. The van der Waals surface area contributed by atoms with Gasteiger partial charge in [0, 0.05) is 11.1 Å². The zero-order chi connectivity index (χ0) is 14.9. The smallest absolute Gasteiger partial charge is 0.398 e. The number of carbonyl (C=O) groups excluding carboxylic acids is 1. The van der Waals surface area contributed by atoms with Crippen LogP contribution in [0.3, 0.4) is 0 Å². The Balaban J connectivity index is 2.75. The Morgan fingerprint density at radius 2 is 1.75 bits per heavy atom. The number of halogens is 3. The SMILES string of the molecule is Cc1cccc(C=O)c1-c1cccc(C(F)(F)F)c1N. The monoisotopic (exact) mass is 279 g/mol. The molecule has 2 aromatic carbocycles. The lowest BCUT2D eigenvalue weighted by Crippen LogP contribution is -2.10. The summed E-state index contributed by atoms with van der Waals surface area (Å²) >= 11 is 0. The molecule has 0 radical (unpaired) electrons. The van der Waals surface area contributed by atoms with E-state index >= 15 is 0 Å². The molecule has 0 saturated heterocycles. The molecule has 104 valence electrons. The number of anilines is 1. The van der Waals surface area contributed by atoms with Crippen molar-refractivity contribution in [3.05, 3.63) is 53.1 Å². The Hall–Kier alpha value is -2.30. The molecule has 0 bridgehead atoms. The minimum absolute atomic E-state index is 0.222. The second kappa shape index (κ2) is 5.00. The molecule has 20 heavy (non-hydrogen) atoms. The van der Waals surface area contributed by atoms with E-state index in [1.54, 1.807) is 25.1 Å². The molecule has 0 atom stereocenters. The number of nitrogens with two attached hydrogens (primary N) is 1. The van der Waals surface area contributed by atoms with Crippen LogP contribution in [0.4, 0.5) is 18.9 Å². The van der Waals surface area contributed by atoms with Gasteiger partial charge in [0.05, 0.1) is 11.3 Å². The van der Waals surface area contributed by atoms with Gasteiger partial charge >= 0.3 is 6.18 Å². The normalized spacial score (nSPS) is 11.4. The number of alkyl halides is 3. The molecule has 0 amide bonds. The molecule has 2 aromatic rings. The van der Waals surface area contributed by atoms with Crippen LogP contribution in [0.5, 0.6) is 0 Å². The van der Waals surface area contributed by atoms with Crippen LogP contribution in [0.15, 0.2) is 36.4 Å². The van der Waals surface area contributed by atoms with Crippen molar-refractivity contribution in [2.75, 3.05) is 5.73 Å². The van der Waals surface area contributed by atoms with Crippen molar-refractivity contribution >= 4 is 12.0 Å². The maximum atomic E-state index is 12.9. The molecule has 2 rings (SSSR count). The number of hydrogen-bond acceptors (Lipinski definition) is 2. The van der Waals surface area contributed by atoms with Gasteiger partial charge in [-0.05, 0) is 24.1 Å². The molecular weight excluding hydrogens is 267 g/mol. The molecule has 0 aliphatic heterocycles. The van der Waals surface area contributed by atoms with Crippen molar-refractivity contribution in [1.29, 1.82) is 0 Å². The van der Waals surface area contributed by atoms with Gasteiger partial charge in [-0.1, -0.05) is 30.3 Å². The standard InChI is InChI=1S/C15H12F3NO/c1-9-4-2-5-10(8-20)13(9)11-6-3-7-12(14(11)19)15(16,17)18/h2-8H,19H2,1H3. The number of hydrogen-bond donors (Lipinski definition) is 1. The summed E-state index contributed by atoms with van der Waals surface area (Å²) in [6.45, 7) is 1.72. The van der Waals surface area contributed by atoms with Gasteiger partial charge < -0.3 is 5.73 Å². The number of benzene rings is 2. The molecule has 0 heterocycles. The highest BCUT2D eigenvalue weighted by Gasteiger charge is 2.33. The zero-order valence-electron chi connectivity index (χ0n) is 10.7. The Kier molecular flexibility index (Phi) is 3.53. The van der Waals surface area contributed by atoms with Gasteiger partial charge in [-0.25, -0.2) is 0 Å². The first-order valence-electron chi connectivity index (χ1n) is 5.87. The molecule has 0 aliphatic rings. The van der Waals surface area contributed by atoms with Crippen LogP contribution in [-0.4, -0.2) is 6.29 Å². The van der Waals surface area contributed by atoms with Crippen molar-refractivity contribution in [1.82, 2.24) is 0 Å². The fraction of sp³-hybridized carbons (Fsp3) is 0.133. The van der Waals surface area contributed by atoms with Gasteiger partial charge in [0.1, 0.15) is 0 Å². The Morgan fingerprint density at radius 1 is 1.10 bits per heavy atom. The number of aryl methyl sites for hydroxylation is 1. The van der Waals surface area contributed by atoms with Crippen molar-refractivity contribution < 1.29 is 18.0 Å². The van der Waals surface area contributed by atoms with Crippen molar-refractivity contribution in [3.8, 4) is 11.1 Å². The summed E-state index contributed by atoms with van der Waals surface area (Å²) in [5, 5.41) is 0. The highest BCUT2D eigenvalue weighted by atomic mass is 19.4. The number of nitrogen functional groups attached to an aromatic ring is 1. The van der Waals surface area contributed by atoms with E-state index in [4.69, 9.17) is 5.73 Å². The Labute approximate surface area is 114 Å². The van der Waals surface area contributed by atoms with E-state index in [1.165, 1.54) is 12.1 Å². The zero-order valence-corrected chi connectivity index (χ0v) is 10.7. The van der Waals surface area contributed by atoms with E-state index in [0.29, 0.717) is 23.0 Å². The summed E-state index contributed by atoms with van der Waals surface area (Å²) < 4.78 is 38.6. The van der Waals surface area contributed by atoms with Crippen LogP contribution < -0.4 is 5.73 Å². The summed E-state index contributed by atoms with van der Waals surface area (Å²) in [5.74, 6) is 0. The summed E-state index contributed by atoms with van der Waals surface area (Å²) in [4.78, 5) is 11.1. The molecule has 0 unspecified atom stereocenters. The third-order valence-electron chi connectivity index (χ3n) is 3.11. The van der Waals surface area contributed by atoms with E-state index in [1.807, 2.05) is 0 Å². The van der Waals surface area contributed by atoms with Gasteiger partial charge in [0.2, 0.25) is 0 Å². The van der Waals surface area contributed by atoms with Crippen LogP contribution in [-0.2, 0) is 6.18 Å². The molecule has 0 spiro atoms. The molecule has 2 nitrogen and oxygen atoms in total. The van der Waals surface area contributed by atoms with Gasteiger partial charge in [-0.15, -0.1) is 0 Å². The van der Waals surface area contributed by atoms with Crippen LogP contribution in [0, 0.1) is 6.92 Å². The van der Waals surface area contributed by atoms with Crippen LogP contribution >= 0.6 is 0 Å². The second-order valence-electron chi connectivity index (χ2n) is 4.42. The quantitative estimate of drug-likeness (QED) is 0.665. The van der Waals surface area contributed by atoms with Gasteiger partial charge in [0.15, 0.2) is 6.29 Å². The van der Waals surface area contributed by atoms with Crippen molar-refractivity contribution in [2.24, 2.45) is 0 Å². The van der Waals surface area contributed by atoms with Crippen LogP contribution in [0.25, 0.3) is 11.1 Å². The Morgan fingerprint density at radius 3 is 2.35 bits per heavy atom. The maximum absolute atomic E-state index is 12.9. The minimum atomic E-state index is -4.52. The van der Waals surface area contributed by atoms with E-state index in [9.17, 15) is 18.0 Å². The largest absolute Gasteiger partial charge is 0.418 e. The molecule has 2 N–H and O–H groups in total. The van der Waals surface area contributed by atoms with Crippen molar-refractivity contribution in [3.63, 3.8) is 0 Å². The van der Waals surface area contributed by atoms with E-state index in [2.05, 4.69) is 0 Å². The summed E-state index contributed by atoms with van der Waals surface area (Å²) in [7, 11) is 0.